The predicted octanol–water partition coefficient (Wildman–Crippen LogP) is 0.250. The third kappa shape index (κ3) is 6.42. The van der Waals surface area contributed by atoms with Crippen molar-refractivity contribution in [1.82, 2.24) is 5.32 Å². The van der Waals surface area contributed by atoms with Gasteiger partial charge in [-0.05, 0) is 6.42 Å². The Hall–Kier alpha value is -1.10. The summed E-state index contributed by atoms with van der Waals surface area (Å²) in [5.41, 5.74) is 0. The van der Waals surface area contributed by atoms with Crippen LogP contribution in [0.5, 0.6) is 0 Å². The van der Waals surface area contributed by atoms with Gasteiger partial charge in [0.15, 0.2) is 0 Å². The molecule has 0 aliphatic carbocycles. The lowest BCUT2D eigenvalue weighted by molar-refractivity contribution is -0.142. The Morgan fingerprint density at radius 1 is 1.50 bits per heavy atom. The summed E-state index contributed by atoms with van der Waals surface area (Å²) in [5.74, 6) is -1.03. The lowest BCUT2D eigenvalue weighted by atomic mass is 10.1. The summed E-state index contributed by atoms with van der Waals surface area (Å²) >= 11 is 0. The summed E-state index contributed by atoms with van der Waals surface area (Å²) in [6, 6.07) is 0. The molecule has 1 unspecified atom stereocenters. The van der Waals surface area contributed by atoms with E-state index >= 15 is 0 Å². The number of nitrogens with one attached hydrogen (secondary N) is 1. The molecule has 0 bridgehead atoms. The molecule has 0 rings (SSSR count). The van der Waals surface area contributed by atoms with Crippen LogP contribution in [-0.2, 0) is 14.3 Å². The highest BCUT2D eigenvalue weighted by Gasteiger charge is 2.08. The van der Waals surface area contributed by atoms with E-state index in [0.29, 0.717) is 6.54 Å². The number of ether oxygens (including phenoxy) is 1. The minimum atomic E-state index is -1.00. The second-order valence-electron chi connectivity index (χ2n) is 3.05. The quantitative estimate of drug-likeness (QED) is 0.581. The van der Waals surface area contributed by atoms with Crippen LogP contribution in [0.2, 0.25) is 0 Å². The molecule has 0 aromatic heterocycles. The lowest BCUT2D eigenvalue weighted by Crippen LogP contribution is -2.32. The van der Waals surface area contributed by atoms with Gasteiger partial charge in [0.05, 0.1) is 6.61 Å². The largest absolute Gasteiger partial charge is 0.480 e. The molecule has 0 spiro atoms. The zero-order valence-electron chi connectivity index (χ0n) is 8.58. The van der Waals surface area contributed by atoms with Crippen molar-refractivity contribution in [2.45, 2.75) is 20.3 Å². The standard InChI is InChI=1S/C9H17NO4/c1-3-7(2)9(13)10-4-5-14-6-8(11)12/h7H,3-6H2,1-2H3,(H,10,13)(H,11,12). The van der Waals surface area contributed by atoms with E-state index < -0.39 is 5.97 Å². The zero-order valence-corrected chi connectivity index (χ0v) is 8.58. The van der Waals surface area contributed by atoms with Gasteiger partial charge in [0.1, 0.15) is 6.61 Å². The molecule has 5 nitrogen and oxygen atoms in total. The number of aliphatic carboxylic acids is 1. The Labute approximate surface area is 83.4 Å². The lowest BCUT2D eigenvalue weighted by Gasteiger charge is -2.09. The number of carboxylic acid groups (broad SMARTS) is 1. The molecule has 0 fully saturated rings. The van der Waals surface area contributed by atoms with Crippen molar-refractivity contribution in [2.75, 3.05) is 19.8 Å². The van der Waals surface area contributed by atoms with Crippen LogP contribution in [0, 0.1) is 5.92 Å². The summed E-state index contributed by atoms with van der Waals surface area (Å²) in [5, 5.41) is 10.9. The molecule has 0 aliphatic heterocycles. The van der Waals surface area contributed by atoms with E-state index in [9.17, 15) is 9.59 Å². The highest BCUT2D eigenvalue weighted by atomic mass is 16.5. The van der Waals surface area contributed by atoms with Gasteiger partial charge in [-0.25, -0.2) is 4.79 Å². The molecule has 5 heteroatoms. The van der Waals surface area contributed by atoms with Gasteiger partial charge in [-0.1, -0.05) is 13.8 Å². The first kappa shape index (κ1) is 12.9. The maximum Gasteiger partial charge on any atom is 0.329 e. The number of carboxylic acids is 1. The molecule has 0 heterocycles. The third-order valence-corrected chi connectivity index (χ3v) is 1.83. The van der Waals surface area contributed by atoms with Gasteiger partial charge in [0.2, 0.25) is 5.91 Å². The first-order chi connectivity index (χ1) is 6.57. The molecule has 0 aromatic rings. The van der Waals surface area contributed by atoms with E-state index in [1.54, 1.807) is 0 Å². The molecule has 82 valence electrons. The van der Waals surface area contributed by atoms with E-state index in [4.69, 9.17) is 9.84 Å². The second-order valence-corrected chi connectivity index (χ2v) is 3.05. The van der Waals surface area contributed by atoms with Gasteiger partial charge in [-0.3, -0.25) is 4.79 Å². The number of amides is 1. The number of rotatable bonds is 7. The van der Waals surface area contributed by atoms with Crippen LogP contribution in [0.1, 0.15) is 20.3 Å². The van der Waals surface area contributed by atoms with Crippen molar-refractivity contribution < 1.29 is 19.4 Å². The minimum Gasteiger partial charge on any atom is -0.480 e. The molecule has 0 aromatic carbocycles. The normalized spacial score (nSPS) is 12.1. The van der Waals surface area contributed by atoms with Gasteiger partial charge in [0.25, 0.3) is 0 Å². The first-order valence-corrected chi connectivity index (χ1v) is 4.65. The Kier molecular flexibility index (Phi) is 6.74. The number of hydrogen-bond acceptors (Lipinski definition) is 3. The van der Waals surface area contributed by atoms with E-state index in [0.717, 1.165) is 6.42 Å². The number of hydrogen-bond donors (Lipinski definition) is 2. The molecule has 0 saturated carbocycles. The molecule has 14 heavy (non-hydrogen) atoms. The van der Waals surface area contributed by atoms with Crippen LogP contribution in [-0.4, -0.2) is 36.7 Å². The molecule has 0 saturated heterocycles. The van der Waals surface area contributed by atoms with E-state index in [1.807, 2.05) is 13.8 Å². The SMILES string of the molecule is CCC(C)C(=O)NCCOCC(=O)O. The van der Waals surface area contributed by atoms with Gasteiger partial charge < -0.3 is 15.2 Å². The summed E-state index contributed by atoms with van der Waals surface area (Å²) < 4.78 is 4.74. The monoisotopic (exact) mass is 203 g/mol. The van der Waals surface area contributed by atoms with Crippen LogP contribution < -0.4 is 5.32 Å². The second kappa shape index (κ2) is 7.32. The Bertz CT molecular complexity index is 193. The molecule has 2 N–H and O–H groups in total. The van der Waals surface area contributed by atoms with Crippen LogP contribution in [0.15, 0.2) is 0 Å². The minimum absolute atomic E-state index is 0.00512. The van der Waals surface area contributed by atoms with Crippen LogP contribution in [0.3, 0.4) is 0 Å². The maximum absolute atomic E-state index is 11.2. The summed E-state index contributed by atoms with van der Waals surface area (Å²) in [7, 11) is 0. The Balaban J connectivity index is 3.36. The van der Waals surface area contributed by atoms with Crippen molar-refractivity contribution in [1.29, 1.82) is 0 Å². The fourth-order valence-corrected chi connectivity index (χ4v) is 0.766. The van der Waals surface area contributed by atoms with Crippen molar-refractivity contribution in [3.05, 3.63) is 0 Å². The summed E-state index contributed by atoms with van der Waals surface area (Å²) in [6.45, 7) is 4.04. The number of carbonyl (C=O) groups is 2. The van der Waals surface area contributed by atoms with Crippen LogP contribution >= 0.6 is 0 Å². The van der Waals surface area contributed by atoms with Crippen molar-refractivity contribution in [3.8, 4) is 0 Å². The van der Waals surface area contributed by atoms with Crippen LogP contribution in [0.25, 0.3) is 0 Å². The third-order valence-electron chi connectivity index (χ3n) is 1.83. The highest BCUT2D eigenvalue weighted by Crippen LogP contribution is 1.98. The van der Waals surface area contributed by atoms with Gasteiger partial charge in [-0.2, -0.15) is 0 Å². The molecule has 1 amide bonds. The molecule has 1 atom stereocenters. The van der Waals surface area contributed by atoms with Gasteiger partial charge in [-0.15, -0.1) is 0 Å². The Morgan fingerprint density at radius 2 is 2.14 bits per heavy atom. The highest BCUT2D eigenvalue weighted by molar-refractivity contribution is 5.78. The van der Waals surface area contributed by atoms with E-state index in [1.165, 1.54) is 0 Å². The average Bonchev–Trinajstić information content (AvgIpc) is 2.15. The van der Waals surface area contributed by atoms with Gasteiger partial charge >= 0.3 is 5.97 Å². The average molecular weight is 203 g/mol. The van der Waals surface area contributed by atoms with Gasteiger partial charge in [0, 0.05) is 12.5 Å². The predicted molar refractivity (Wildman–Crippen MR) is 50.9 cm³/mol. The molecular formula is C9H17NO4. The van der Waals surface area contributed by atoms with E-state index in [-0.39, 0.29) is 25.0 Å². The van der Waals surface area contributed by atoms with Crippen molar-refractivity contribution >= 4 is 11.9 Å². The van der Waals surface area contributed by atoms with Crippen molar-refractivity contribution in [2.24, 2.45) is 5.92 Å². The zero-order chi connectivity index (χ0) is 11.0. The van der Waals surface area contributed by atoms with Crippen molar-refractivity contribution in [3.63, 3.8) is 0 Å². The molecule has 0 radical (unpaired) electrons. The first-order valence-electron chi connectivity index (χ1n) is 4.65. The fourth-order valence-electron chi connectivity index (χ4n) is 0.766. The molecule has 0 aliphatic rings. The van der Waals surface area contributed by atoms with Crippen LogP contribution in [0.4, 0.5) is 0 Å². The smallest absolute Gasteiger partial charge is 0.329 e. The van der Waals surface area contributed by atoms with E-state index in [2.05, 4.69) is 5.32 Å². The Morgan fingerprint density at radius 3 is 2.64 bits per heavy atom. The summed E-state index contributed by atoms with van der Waals surface area (Å²) in [4.78, 5) is 21.2. The topological polar surface area (TPSA) is 75.6 Å². The fraction of sp³-hybridized carbons (Fsp3) is 0.778. The molecular weight excluding hydrogens is 186 g/mol. The maximum atomic E-state index is 11.2. The summed E-state index contributed by atoms with van der Waals surface area (Å²) in [6.07, 6.45) is 0.793. The number of carbonyl (C=O) groups excluding carboxylic acids is 1.